The van der Waals surface area contributed by atoms with Crippen LogP contribution in [0.4, 0.5) is 9.18 Å². The molecule has 24 heavy (non-hydrogen) atoms. The molecular formula is C16H28FN3O4. The number of hydrogen-bond donors (Lipinski definition) is 0. The van der Waals surface area contributed by atoms with E-state index in [1.165, 1.54) is 0 Å². The van der Waals surface area contributed by atoms with E-state index in [1.54, 1.807) is 4.90 Å². The standard InChI is InChI=1S/C16H28FN3O4/c1-16(2,3)24-15(21)19-8-7-12(10-19)18(4)14-6-5-11(20(22)23)9-13(14)17/h11-14H,5-10H2,1-4H3. The van der Waals surface area contributed by atoms with E-state index in [0.29, 0.717) is 25.9 Å². The number of likely N-dealkylation sites (N-methyl/N-ethyl adjacent to an activating group) is 1. The molecule has 0 aromatic carbocycles. The van der Waals surface area contributed by atoms with Crippen LogP contribution >= 0.6 is 0 Å². The van der Waals surface area contributed by atoms with Crippen molar-refractivity contribution in [2.45, 2.75) is 76.4 Å². The van der Waals surface area contributed by atoms with Crippen molar-refractivity contribution in [1.29, 1.82) is 0 Å². The van der Waals surface area contributed by atoms with E-state index in [4.69, 9.17) is 4.74 Å². The van der Waals surface area contributed by atoms with E-state index in [2.05, 4.69) is 0 Å². The summed E-state index contributed by atoms with van der Waals surface area (Å²) in [5.74, 6) is 0. The van der Waals surface area contributed by atoms with E-state index >= 15 is 0 Å². The quantitative estimate of drug-likeness (QED) is 0.580. The molecule has 0 spiro atoms. The van der Waals surface area contributed by atoms with Gasteiger partial charge in [0.2, 0.25) is 6.04 Å². The molecule has 0 radical (unpaired) electrons. The van der Waals surface area contributed by atoms with Crippen molar-refractivity contribution in [3.8, 4) is 0 Å². The second-order valence-corrected chi connectivity index (χ2v) is 7.87. The summed E-state index contributed by atoms with van der Waals surface area (Å²) in [4.78, 5) is 26.2. The van der Waals surface area contributed by atoms with Gasteiger partial charge in [-0.25, -0.2) is 9.18 Å². The first kappa shape index (κ1) is 18.9. The topological polar surface area (TPSA) is 75.9 Å². The Balaban J connectivity index is 1.89. The van der Waals surface area contributed by atoms with Gasteiger partial charge in [0, 0.05) is 42.9 Å². The molecular weight excluding hydrogens is 317 g/mol. The molecule has 0 aromatic heterocycles. The third kappa shape index (κ3) is 4.55. The first-order chi connectivity index (χ1) is 11.1. The molecule has 1 saturated heterocycles. The van der Waals surface area contributed by atoms with Gasteiger partial charge >= 0.3 is 6.09 Å². The average molecular weight is 345 g/mol. The zero-order chi connectivity index (χ0) is 18.1. The van der Waals surface area contributed by atoms with Crippen LogP contribution in [0.5, 0.6) is 0 Å². The van der Waals surface area contributed by atoms with Crippen LogP contribution in [-0.4, -0.2) is 70.9 Å². The minimum atomic E-state index is -1.20. The van der Waals surface area contributed by atoms with E-state index in [1.807, 2.05) is 32.7 Å². The van der Waals surface area contributed by atoms with Gasteiger partial charge in [-0.2, -0.15) is 0 Å². The van der Waals surface area contributed by atoms with Crippen molar-refractivity contribution in [2.24, 2.45) is 0 Å². The molecule has 138 valence electrons. The maximum Gasteiger partial charge on any atom is 0.410 e. The fourth-order valence-corrected chi connectivity index (χ4v) is 3.57. The molecule has 2 rings (SSSR count). The SMILES string of the molecule is CN(C1CCN(C(=O)OC(C)(C)C)C1)C1CCC([N+](=O)[O-])CC1F. The predicted octanol–water partition coefficient (Wildman–Crippen LogP) is 2.46. The van der Waals surface area contributed by atoms with Gasteiger partial charge in [0.05, 0.1) is 0 Å². The fraction of sp³-hybridized carbons (Fsp3) is 0.938. The van der Waals surface area contributed by atoms with Crippen molar-refractivity contribution in [2.75, 3.05) is 20.1 Å². The van der Waals surface area contributed by atoms with Crippen LogP contribution in [0.2, 0.25) is 0 Å². The molecule has 0 bridgehead atoms. The summed E-state index contributed by atoms with van der Waals surface area (Å²) in [5, 5.41) is 10.8. The first-order valence-electron chi connectivity index (χ1n) is 8.56. The smallest absolute Gasteiger partial charge is 0.410 e. The number of amides is 1. The lowest BCUT2D eigenvalue weighted by molar-refractivity contribution is -0.528. The Morgan fingerprint density at radius 3 is 2.54 bits per heavy atom. The van der Waals surface area contributed by atoms with Gasteiger partial charge in [0.25, 0.3) is 0 Å². The Hall–Kier alpha value is -1.44. The summed E-state index contributed by atoms with van der Waals surface area (Å²) in [6.07, 6.45) is 0.0845. The summed E-state index contributed by atoms with van der Waals surface area (Å²) >= 11 is 0. The Kier molecular flexibility index (Phi) is 5.67. The van der Waals surface area contributed by atoms with Gasteiger partial charge in [0.15, 0.2) is 0 Å². The highest BCUT2D eigenvalue weighted by molar-refractivity contribution is 5.68. The van der Waals surface area contributed by atoms with Crippen LogP contribution in [0, 0.1) is 10.1 Å². The zero-order valence-corrected chi connectivity index (χ0v) is 14.9. The lowest BCUT2D eigenvalue weighted by atomic mass is 9.88. The van der Waals surface area contributed by atoms with Gasteiger partial charge in [-0.15, -0.1) is 0 Å². The van der Waals surface area contributed by atoms with Crippen LogP contribution in [0.3, 0.4) is 0 Å². The van der Waals surface area contributed by atoms with Crippen LogP contribution in [-0.2, 0) is 4.74 Å². The second kappa shape index (κ2) is 7.21. The largest absolute Gasteiger partial charge is 0.444 e. The lowest BCUT2D eigenvalue weighted by Gasteiger charge is -2.38. The molecule has 1 aliphatic carbocycles. The second-order valence-electron chi connectivity index (χ2n) is 7.87. The highest BCUT2D eigenvalue weighted by Gasteiger charge is 2.41. The Morgan fingerprint density at radius 1 is 1.33 bits per heavy atom. The number of alkyl halides is 1. The number of nitro groups is 1. The molecule has 8 heteroatoms. The van der Waals surface area contributed by atoms with Crippen molar-refractivity contribution in [1.82, 2.24) is 9.80 Å². The summed E-state index contributed by atoms with van der Waals surface area (Å²) < 4.78 is 19.8. The monoisotopic (exact) mass is 345 g/mol. The first-order valence-corrected chi connectivity index (χ1v) is 8.56. The van der Waals surface area contributed by atoms with Crippen LogP contribution in [0.1, 0.15) is 46.5 Å². The molecule has 1 saturated carbocycles. The minimum Gasteiger partial charge on any atom is -0.444 e. The minimum absolute atomic E-state index is 0.0233. The average Bonchev–Trinajstić information content (AvgIpc) is 2.94. The number of carbonyl (C=O) groups excluding carboxylic acids is 1. The van der Waals surface area contributed by atoms with Crippen LogP contribution in [0.25, 0.3) is 0 Å². The molecule has 0 aromatic rings. The maximum absolute atomic E-state index is 14.4. The number of likely N-dealkylation sites (tertiary alicyclic amines) is 1. The van der Waals surface area contributed by atoms with Crippen molar-refractivity contribution >= 4 is 6.09 Å². The van der Waals surface area contributed by atoms with E-state index < -0.39 is 17.8 Å². The normalized spacial score (nSPS) is 31.3. The number of ether oxygens (including phenoxy) is 1. The van der Waals surface area contributed by atoms with Crippen LogP contribution in [0.15, 0.2) is 0 Å². The van der Waals surface area contributed by atoms with E-state index in [9.17, 15) is 19.3 Å². The highest BCUT2D eigenvalue weighted by atomic mass is 19.1. The van der Waals surface area contributed by atoms with Crippen molar-refractivity contribution in [3.63, 3.8) is 0 Å². The van der Waals surface area contributed by atoms with Crippen LogP contribution < -0.4 is 0 Å². The molecule has 4 unspecified atom stereocenters. The molecule has 2 aliphatic rings. The summed E-state index contributed by atoms with van der Waals surface area (Å²) in [6, 6.07) is -1.02. The molecule has 4 atom stereocenters. The summed E-state index contributed by atoms with van der Waals surface area (Å²) in [7, 11) is 1.85. The van der Waals surface area contributed by atoms with Gasteiger partial charge in [-0.1, -0.05) is 0 Å². The molecule has 7 nitrogen and oxygen atoms in total. The third-order valence-electron chi connectivity index (χ3n) is 4.92. The lowest BCUT2D eigenvalue weighted by Crippen LogP contribution is -2.50. The number of carbonyl (C=O) groups is 1. The van der Waals surface area contributed by atoms with Gasteiger partial charge in [-0.3, -0.25) is 15.0 Å². The Labute approximate surface area is 142 Å². The summed E-state index contributed by atoms with van der Waals surface area (Å²) in [5.41, 5.74) is -0.536. The summed E-state index contributed by atoms with van der Waals surface area (Å²) in [6.45, 7) is 6.57. The van der Waals surface area contributed by atoms with Gasteiger partial charge < -0.3 is 9.64 Å². The van der Waals surface area contributed by atoms with Crippen molar-refractivity contribution in [3.05, 3.63) is 10.1 Å². The van der Waals surface area contributed by atoms with Gasteiger partial charge in [0.1, 0.15) is 11.8 Å². The number of nitrogens with zero attached hydrogens (tertiary/aromatic N) is 3. The molecule has 1 heterocycles. The molecule has 1 amide bonds. The van der Waals surface area contributed by atoms with Gasteiger partial charge in [-0.05, 0) is 40.7 Å². The number of halogens is 1. The Bertz CT molecular complexity index is 482. The van der Waals surface area contributed by atoms with E-state index in [-0.39, 0.29) is 29.5 Å². The molecule has 2 fully saturated rings. The predicted molar refractivity (Wildman–Crippen MR) is 87.3 cm³/mol. The number of hydrogen-bond acceptors (Lipinski definition) is 5. The molecule has 1 aliphatic heterocycles. The molecule has 0 N–H and O–H groups in total. The number of rotatable bonds is 3. The highest BCUT2D eigenvalue weighted by Crippen LogP contribution is 2.30. The third-order valence-corrected chi connectivity index (χ3v) is 4.92. The fourth-order valence-electron chi connectivity index (χ4n) is 3.57. The maximum atomic E-state index is 14.4. The van der Waals surface area contributed by atoms with E-state index in [0.717, 1.165) is 6.42 Å². The Morgan fingerprint density at radius 2 is 2.00 bits per heavy atom. The van der Waals surface area contributed by atoms with Crippen molar-refractivity contribution < 1.29 is 18.8 Å². The zero-order valence-electron chi connectivity index (χ0n) is 14.9.